The molecule has 0 saturated heterocycles. The van der Waals surface area contributed by atoms with Gasteiger partial charge in [-0.2, -0.15) is 0 Å². The third kappa shape index (κ3) is 6.15. The minimum absolute atomic E-state index is 0.171. The Balaban J connectivity index is 1.32. The molecule has 1 N–H and O–H groups in total. The van der Waals surface area contributed by atoms with Gasteiger partial charge in [0.15, 0.2) is 18.1 Å². The van der Waals surface area contributed by atoms with Gasteiger partial charge < -0.3 is 19.6 Å². The van der Waals surface area contributed by atoms with Crippen LogP contribution < -0.4 is 14.8 Å². The molecule has 0 bridgehead atoms. The standard InChI is InChI=1S/C32H34ClN3O4/c1-20(36-40-19-31(37)34-18-21-11-13-24(33)14-12-21)22-7-6-8-23(15-22)32-27-17-30(39-3)29(38-2)16-26(27)25-9-4-5-10-28(25)35-32/h6-8,11-17,25,28H,4-5,9-10,18-19H2,1-3H3,(H,34,37)/t25-,28-/m1/s1. The minimum Gasteiger partial charge on any atom is -0.493 e. The first kappa shape index (κ1) is 27.7. The number of hydrogen-bond acceptors (Lipinski definition) is 6. The summed E-state index contributed by atoms with van der Waals surface area (Å²) in [5.74, 6) is 1.58. The zero-order valence-electron chi connectivity index (χ0n) is 23.1. The molecule has 1 fully saturated rings. The molecule has 0 aromatic heterocycles. The highest BCUT2D eigenvalue weighted by Crippen LogP contribution is 2.44. The first-order chi connectivity index (χ1) is 19.5. The normalized spacial score (nSPS) is 18.2. The second-order valence-corrected chi connectivity index (χ2v) is 10.6. The molecule has 1 heterocycles. The monoisotopic (exact) mass is 559 g/mol. The summed E-state index contributed by atoms with van der Waals surface area (Å²) in [6.07, 6.45) is 4.61. The largest absolute Gasteiger partial charge is 0.493 e. The number of halogens is 1. The molecule has 2 atom stereocenters. The minimum atomic E-state index is -0.250. The SMILES string of the molecule is COc1cc2c(cc1OC)[C@H]1CCCC[C@H]1N=C2c1cccc(C(C)=NOCC(=O)NCc2ccc(Cl)cc2)c1. The molecule has 8 heteroatoms. The molecule has 1 aliphatic heterocycles. The summed E-state index contributed by atoms with van der Waals surface area (Å²) in [7, 11) is 3.34. The number of oxime groups is 1. The number of nitrogens with one attached hydrogen (secondary N) is 1. The Labute approximate surface area is 240 Å². The van der Waals surface area contributed by atoms with Gasteiger partial charge in [-0.3, -0.25) is 9.79 Å². The Hall–Kier alpha value is -3.84. The lowest BCUT2D eigenvalue weighted by Gasteiger charge is -2.35. The van der Waals surface area contributed by atoms with E-state index < -0.39 is 0 Å². The van der Waals surface area contributed by atoms with Gasteiger partial charge in [0.05, 0.1) is 31.7 Å². The lowest BCUT2D eigenvalue weighted by Crippen LogP contribution is -2.29. The Bertz CT molecular complexity index is 1430. The highest BCUT2D eigenvalue weighted by atomic mass is 35.5. The molecule has 1 aliphatic carbocycles. The van der Waals surface area contributed by atoms with E-state index in [1.165, 1.54) is 18.4 Å². The molecular weight excluding hydrogens is 526 g/mol. The molecule has 3 aromatic rings. The smallest absolute Gasteiger partial charge is 0.261 e. The van der Waals surface area contributed by atoms with Crippen molar-refractivity contribution in [1.82, 2.24) is 5.32 Å². The number of hydrogen-bond donors (Lipinski definition) is 1. The molecule has 1 amide bonds. The molecule has 208 valence electrons. The fourth-order valence-electron chi connectivity index (χ4n) is 5.49. The summed E-state index contributed by atoms with van der Waals surface area (Å²) in [6.45, 7) is 2.09. The number of nitrogens with zero attached hydrogens (tertiary/aromatic N) is 2. The summed E-state index contributed by atoms with van der Waals surface area (Å²) >= 11 is 5.91. The van der Waals surface area contributed by atoms with Crippen molar-refractivity contribution in [2.75, 3.05) is 20.8 Å². The molecule has 0 unspecified atom stereocenters. The van der Waals surface area contributed by atoms with Crippen molar-refractivity contribution < 1.29 is 19.1 Å². The lowest BCUT2D eigenvalue weighted by atomic mass is 9.75. The van der Waals surface area contributed by atoms with Crippen molar-refractivity contribution in [2.45, 2.75) is 51.1 Å². The summed E-state index contributed by atoms with van der Waals surface area (Å²) < 4.78 is 11.3. The van der Waals surface area contributed by atoms with Crippen LogP contribution in [0.2, 0.25) is 5.02 Å². The van der Waals surface area contributed by atoms with Crippen molar-refractivity contribution in [3.8, 4) is 11.5 Å². The van der Waals surface area contributed by atoms with Crippen molar-refractivity contribution in [2.24, 2.45) is 10.1 Å². The molecule has 5 rings (SSSR count). The van der Waals surface area contributed by atoms with E-state index in [1.807, 2.05) is 31.2 Å². The number of carbonyl (C=O) groups excluding carboxylic acids is 1. The van der Waals surface area contributed by atoms with Crippen LogP contribution in [-0.2, 0) is 16.2 Å². The van der Waals surface area contributed by atoms with E-state index in [2.05, 4.69) is 34.7 Å². The lowest BCUT2D eigenvalue weighted by molar-refractivity contribution is -0.125. The third-order valence-electron chi connectivity index (χ3n) is 7.59. The van der Waals surface area contributed by atoms with Crippen LogP contribution in [0, 0.1) is 0 Å². The number of fused-ring (bicyclic) bond motifs is 3. The van der Waals surface area contributed by atoms with E-state index >= 15 is 0 Å². The molecule has 0 spiro atoms. The number of benzene rings is 3. The van der Waals surface area contributed by atoms with E-state index in [4.69, 9.17) is 30.9 Å². The van der Waals surface area contributed by atoms with Crippen LogP contribution in [0.15, 0.2) is 70.8 Å². The Kier molecular flexibility index (Phi) is 8.70. The maximum absolute atomic E-state index is 12.2. The number of amides is 1. The number of carbonyl (C=O) groups is 1. The predicted octanol–water partition coefficient (Wildman–Crippen LogP) is 6.29. The van der Waals surface area contributed by atoms with Gasteiger partial charge in [0.1, 0.15) is 0 Å². The van der Waals surface area contributed by atoms with Crippen molar-refractivity contribution in [1.29, 1.82) is 0 Å². The number of methoxy groups -OCH3 is 2. The zero-order chi connectivity index (χ0) is 28.1. The zero-order valence-corrected chi connectivity index (χ0v) is 23.8. The molecule has 0 radical (unpaired) electrons. The summed E-state index contributed by atoms with van der Waals surface area (Å²) in [4.78, 5) is 22.9. The van der Waals surface area contributed by atoms with Crippen LogP contribution in [0.3, 0.4) is 0 Å². The second kappa shape index (κ2) is 12.6. The van der Waals surface area contributed by atoms with Crippen molar-refractivity contribution in [3.63, 3.8) is 0 Å². The van der Waals surface area contributed by atoms with E-state index in [0.717, 1.165) is 46.6 Å². The van der Waals surface area contributed by atoms with Crippen molar-refractivity contribution in [3.05, 3.63) is 93.5 Å². The number of ether oxygens (including phenoxy) is 2. The molecular formula is C32H34ClN3O4. The van der Waals surface area contributed by atoms with Gasteiger partial charge in [-0.15, -0.1) is 0 Å². The van der Waals surface area contributed by atoms with Gasteiger partial charge in [-0.05, 0) is 66.8 Å². The highest BCUT2D eigenvalue weighted by Gasteiger charge is 2.34. The van der Waals surface area contributed by atoms with Gasteiger partial charge in [-0.25, -0.2) is 0 Å². The first-order valence-corrected chi connectivity index (χ1v) is 14.0. The van der Waals surface area contributed by atoms with Gasteiger partial charge in [-0.1, -0.05) is 59.9 Å². The maximum Gasteiger partial charge on any atom is 0.261 e. The van der Waals surface area contributed by atoms with E-state index in [-0.39, 0.29) is 18.6 Å². The fourth-order valence-corrected chi connectivity index (χ4v) is 5.61. The van der Waals surface area contributed by atoms with E-state index in [9.17, 15) is 4.79 Å². The molecule has 7 nitrogen and oxygen atoms in total. The first-order valence-electron chi connectivity index (χ1n) is 13.6. The average Bonchev–Trinajstić information content (AvgIpc) is 2.99. The second-order valence-electron chi connectivity index (χ2n) is 10.2. The summed E-state index contributed by atoms with van der Waals surface area (Å²) in [6, 6.07) is 19.9. The molecule has 1 saturated carbocycles. The quantitative estimate of drug-likeness (QED) is 0.247. The number of aliphatic imine (C=N–C) groups is 1. The van der Waals surface area contributed by atoms with E-state index in [1.54, 1.807) is 26.4 Å². The van der Waals surface area contributed by atoms with Crippen molar-refractivity contribution >= 4 is 28.9 Å². The topological polar surface area (TPSA) is 81.5 Å². The Morgan fingerprint density at radius 1 is 1.02 bits per heavy atom. The average molecular weight is 560 g/mol. The number of rotatable bonds is 9. The van der Waals surface area contributed by atoms with Crippen LogP contribution in [-0.4, -0.2) is 44.2 Å². The molecule has 40 heavy (non-hydrogen) atoms. The van der Waals surface area contributed by atoms with Crippen LogP contribution in [0.1, 0.15) is 66.3 Å². The Morgan fingerprint density at radius 3 is 2.55 bits per heavy atom. The van der Waals surface area contributed by atoms with Crippen LogP contribution in [0.4, 0.5) is 0 Å². The summed E-state index contributed by atoms with van der Waals surface area (Å²) in [5, 5.41) is 7.69. The summed E-state index contributed by atoms with van der Waals surface area (Å²) in [5.41, 5.74) is 6.84. The van der Waals surface area contributed by atoms with E-state index in [0.29, 0.717) is 28.9 Å². The fraction of sp³-hybridized carbons (Fsp3) is 0.344. The Morgan fingerprint density at radius 2 is 1.77 bits per heavy atom. The highest BCUT2D eigenvalue weighted by molar-refractivity contribution is 6.30. The third-order valence-corrected chi connectivity index (χ3v) is 7.84. The van der Waals surface area contributed by atoms with Gasteiger partial charge in [0, 0.05) is 28.6 Å². The van der Waals surface area contributed by atoms with Gasteiger partial charge in [0.2, 0.25) is 0 Å². The molecule has 3 aromatic carbocycles. The van der Waals surface area contributed by atoms with Gasteiger partial charge >= 0.3 is 0 Å². The van der Waals surface area contributed by atoms with Crippen LogP contribution in [0.5, 0.6) is 11.5 Å². The van der Waals surface area contributed by atoms with Crippen LogP contribution in [0.25, 0.3) is 0 Å². The molecule has 2 aliphatic rings. The predicted molar refractivity (Wildman–Crippen MR) is 158 cm³/mol. The maximum atomic E-state index is 12.2. The van der Waals surface area contributed by atoms with Gasteiger partial charge in [0.25, 0.3) is 5.91 Å². The van der Waals surface area contributed by atoms with Crippen LogP contribution >= 0.6 is 11.6 Å².